The van der Waals surface area contributed by atoms with E-state index in [-0.39, 0.29) is 32.2 Å². The lowest BCUT2D eigenvalue weighted by Crippen LogP contribution is -2.39. The summed E-state index contributed by atoms with van der Waals surface area (Å²) in [5.41, 5.74) is 0.805. The van der Waals surface area contributed by atoms with Crippen molar-refractivity contribution in [3.63, 3.8) is 0 Å². The van der Waals surface area contributed by atoms with Crippen molar-refractivity contribution in [1.29, 1.82) is 0 Å². The molecule has 5 rings (SSSR count). The predicted octanol–water partition coefficient (Wildman–Crippen LogP) is 3.19. The first kappa shape index (κ1) is 24.5. The standard InChI is InChI=1S/C24H21N3O6S3/c1-14-6-5-10-26-20(14)25-21(33-18-8-4-3-7-17(18)32-2)16(22(26)28)12-19-23(29)27(24(34)35-19)15-9-11-36(30,31)13-15/h3-8,10,12,15H,9,11,13H2,1-2H3/b19-12+. The molecule has 0 saturated carbocycles. The number of para-hydroxylation sites is 2. The fraction of sp³-hybridized carbons (Fsp3) is 0.250. The third-order valence-corrected chi connectivity index (χ3v) is 9.08. The second-order valence-corrected chi connectivity index (χ2v) is 12.3. The molecule has 0 radical (unpaired) electrons. The summed E-state index contributed by atoms with van der Waals surface area (Å²) in [7, 11) is -1.71. The number of rotatable bonds is 5. The van der Waals surface area contributed by atoms with Gasteiger partial charge in [-0.3, -0.25) is 18.9 Å². The van der Waals surface area contributed by atoms with Crippen LogP contribution in [0.3, 0.4) is 0 Å². The Balaban J connectivity index is 1.62. The summed E-state index contributed by atoms with van der Waals surface area (Å²) in [6.07, 6.45) is 3.33. The fourth-order valence-electron chi connectivity index (χ4n) is 4.21. The van der Waals surface area contributed by atoms with E-state index in [1.807, 2.05) is 13.0 Å². The number of fused-ring (bicyclic) bond motifs is 1. The second kappa shape index (κ2) is 9.34. The van der Waals surface area contributed by atoms with E-state index in [9.17, 15) is 18.0 Å². The van der Waals surface area contributed by atoms with E-state index in [4.69, 9.17) is 21.7 Å². The molecule has 3 aromatic rings. The molecule has 0 aliphatic carbocycles. The van der Waals surface area contributed by atoms with Gasteiger partial charge < -0.3 is 9.47 Å². The molecule has 0 N–H and O–H groups in total. The van der Waals surface area contributed by atoms with Gasteiger partial charge in [0.1, 0.15) is 15.5 Å². The molecule has 0 spiro atoms. The lowest BCUT2D eigenvalue weighted by Gasteiger charge is -2.20. The van der Waals surface area contributed by atoms with Crippen LogP contribution in [0, 0.1) is 6.92 Å². The predicted molar refractivity (Wildman–Crippen MR) is 141 cm³/mol. The first-order valence-corrected chi connectivity index (χ1v) is 14.0. The maximum absolute atomic E-state index is 13.6. The Morgan fingerprint density at radius 3 is 2.61 bits per heavy atom. The van der Waals surface area contributed by atoms with Gasteiger partial charge in [-0.2, -0.15) is 4.98 Å². The van der Waals surface area contributed by atoms with Crippen molar-refractivity contribution in [3.8, 4) is 17.4 Å². The summed E-state index contributed by atoms with van der Waals surface area (Å²) in [5, 5.41) is 0. The smallest absolute Gasteiger partial charge is 0.269 e. The molecule has 2 fully saturated rings. The number of ether oxygens (including phenoxy) is 2. The van der Waals surface area contributed by atoms with Crippen LogP contribution in [-0.4, -0.2) is 57.6 Å². The first-order chi connectivity index (χ1) is 17.2. The van der Waals surface area contributed by atoms with Crippen molar-refractivity contribution in [3.05, 3.63) is 69.0 Å². The van der Waals surface area contributed by atoms with Gasteiger partial charge in [-0.1, -0.05) is 42.2 Å². The van der Waals surface area contributed by atoms with Crippen molar-refractivity contribution in [2.75, 3.05) is 18.6 Å². The van der Waals surface area contributed by atoms with Crippen LogP contribution < -0.4 is 15.0 Å². The van der Waals surface area contributed by atoms with Crippen LogP contribution >= 0.6 is 24.0 Å². The maximum atomic E-state index is 13.6. The van der Waals surface area contributed by atoms with Crippen LogP contribution in [0.1, 0.15) is 17.5 Å². The summed E-state index contributed by atoms with van der Waals surface area (Å²) < 4.78 is 37.0. The van der Waals surface area contributed by atoms with Crippen molar-refractivity contribution < 1.29 is 22.7 Å². The molecule has 2 aliphatic heterocycles. The fourth-order valence-corrected chi connectivity index (χ4v) is 7.29. The molecule has 9 nitrogen and oxygen atoms in total. The van der Waals surface area contributed by atoms with E-state index in [2.05, 4.69) is 4.98 Å². The van der Waals surface area contributed by atoms with Crippen LogP contribution in [-0.2, 0) is 14.6 Å². The number of nitrogens with zero attached hydrogens (tertiary/aromatic N) is 3. The van der Waals surface area contributed by atoms with Crippen LogP contribution in [0.4, 0.5) is 0 Å². The van der Waals surface area contributed by atoms with E-state index in [0.717, 1.165) is 17.3 Å². The molecule has 1 atom stereocenters. The second-order valence-electron chi connectivity index (χ2n) is 8.38. The third-order valence-electron chi connectivity index (χ3n) is 6.00. The molecule has 1 aromatic carbocycles. The Morgan fingerprint density at radius 1 is 1.17 bits per heavy atom. The van der Waals surface area contributed by atoms with Gasteiger partial charge in [0.2, 0.25) is 5.88 Å². The highest BCUT2D eigenvalue weighted by atomic mass is 32.2. The molecule has 1 unspecified atom stereocenters. The summed E-state index contributed by atoms with van der Waals surface area (Å²) >= 11 is 6.43. The molecule has 0 bridgehead atoms. The van der Waals surface area contributed by atoms with Gasteiger partial charge in [0.05, 0.1) is 29.6 Å². The number of carbonyl (C=O) groups is 1. The quantitative estimate of drug-likeness (QED) is 0.354. The van der Waals surface area contributed by atoms with E-state index in [0.29, 0.717) is 23.6 Å². The molecule has 2 aliphatic rings. The van der Waals surface area contributed by atoms with Crippen molar-refractivity contribution in [2.45, 2.75) is 19.4 Å². The van der Waals surface area contributed by atoms with Gasteiger partial charge in [0.15, 0.2) is 21.3 Å². The third kappa shape index (κ3) is 4.40. The largest absolute Gasteiger partial charge is 0.493 e. The molecular weight excluding hydrogens is 522 g/mol. The molecule has 12 heteroatoms. The maximum Gasteiger partial charge on any atom is 0.269 e. The number of thiocarbonyl (C=S) groups is 1. The van der Waals surface area contributed by atoms with Gasteiger partial charge in [-0.15, -0.1) is 0 Å². The summed E-state index contributed by atoms with van der Waals surface area (Å²) in [4.78, 5) is 33.0. The van der Waals surface area contributed by atoms with E-state index in [1.54, 1.807) is 36.5 Å². The molecule has 2 saturated heterocycles. The number of benzene rings is 1. The number of hydrogen-bond donors (Lipinski definition) is 0. The topological polar surface area (TPSA) is 107 Å². The Morgan fingerprint density at radius 2 is 1.92 bits per heavy atom. The Labute approximate surface area is 216 Å². The minimum absolute atomic E-state index is 0.00696. The van der Waals surface area contributed by atoms with Gasteiger partial charge in [0.25, 0.3) is 11.5 Å². The summed E-state index contributed by atoms with van der Waals surface area (Å²) in [6.45, 7) is 1.83. The molecule has 4 heterocycles. The first-order valence-electron chi connectivity index (χ1n) is 11.0. The van der Waals surface area contributed by atoms with Gasteiger partial charge in [-0.05, 0) is 43.2 Å². The number of methoxy groups -OCH3 is 1. The number of thioether (sulfide) groups is 1. The lowest BCUT2D eigenvalue weighted by atomic mass is 10.2. The molecule has 1 amide bonds. The Bertz CT molecular complexity index is 1610. The highest BCUT2D eigenvalue weighted by molar-refractivity contribution is 8.26. The number of sulfone groups is 1. The Hall–Kier alpha value is -3.22. The average molecular weight is 544 g/mol. The zero-order chi connectivity index (χ0) is 25.6. The zero-order valence-electron chi connectivity index (χ0n) is 19.3. The number of aromatic nitrogens is 2. The molecule has 2 aromatic heterocycles. The molecule has 186 valence electrons. The van der Waals surface area contributed by atoms with Gasteiger partial charge in [-0.25, -0.2) is 8.42 Å². The summed E-state index contributed by atoms with van der Waals surface area (Å²) in [5.74, 6) is 0.248. The van der Waals surface area contributed by atoms with E-state index in [1.165, 1.54) is 22.5 Å². The summed E-state index contributed by atoms with van der Waals surface area (Å²) in [6, 6.07) is 9.99. The van der Waals surface area contributed by atoms with E-state index >= 15 is 0 Å². The molecule has 36 heavy (non-hydrogen) atoms. The lowest BCUT2D eigenvalue weighted by molar-refractivity contribution is -0.123. The van der Waals surface area contributed by atoms with Crippen molar-refractivity contribution in [2.24, 2.45) is 0 Å². The number of amides is 1. The van der Waals surface area contributed by atoms with Crippen LogP contribution in [0.15, 0.2) is 52.3 Å². The number of pyridine rings is 1. The van der Waals surface area contributed by atoms with Crippen molar-refractivity contribution >= 4 is 55.8 Å². The zero-order valence-corrected chi connectivity index (χ0v) is 21.8. The highest BCUT2D eigenvalue weighted by Crippen LogP contribution is 2.38. The monoisotopic (exact) mass is 543 g/mol. The Kier molecular flexibility index (Phi) is 6.35. The number of carbonyl (C=O) groups excluding carboxylic acids is 1. The van der Waals surface area contributed by atoms with E-state index < -0.39 is 27.3 Å². The van der Waals surface area contributed by atoms with Gasteiger partial charge >= 0.3 is 0 Å². The van der Waals surface area contributed by atoms with Crippen LogP contribution in [0.2, 0.25) is 0 Å². The van der Waals surface area contributed by atoms with Crippen LogP contribution in [0.5, 0.6) is 17.4 Å². The van der Waals surface area contributed by atoms with Gasteiger partial charge in [0, 0.05) is 6.20 Å². The SMILES string of the molecule is COc1ccccc1Oc1nc2c(C)cccn2c(=O)c1/C=C1/SC(=S)N(C2CCS(=O)(=O)C2)C1=O. The number of aryl methyl sites for hydroxylation is 1. The van der Waals surface area contributed by atoms with Crippen molar-refractivity contribution in [1.82, 2.24) is 14.3 Å². The number of hydrogen-bond acceptors (Lipinski definition) is 9. The van der Waals surface area contributed by atoms with Crippen LogP contribution in [0.25, 0.3) is 11.7 Å². The normalized spacial score (nSPS) is 20.4. The minimum atomic E-state index is -3.22. The average Bonchev–Trinajstić information content (AvgIpc) is 3.34. The minimum Gasteiger partial charge on any atom is -0.493 e. The highest BCUT2D eigenvalue weighted by Gasteiger charge is 2.42. The molecular formula is C24H21N3O6S3.